The molecule has 0 saturated carbocycles. The molecule has 5 heterocycles. The summed E-state index contributed by atoms with van der Waals surface area (Å²) in [6.45, 7) is 5.67. The van der Waals surface area contributed by atoms with Gasteiger partial charge < -0.3 is 23.9 Å². The van der Waals surface area contributed by atoms with Gasteiger partial charge in [-0.2, -0.15) is 0 Å². The van der Waals surface area contributed by atoms with Gasteiger partial charge in [0.15, 0.2) is 17.2 Å². The molecule has 2 fully saturated rings. The number of rotatable bonds is 3. The number of nitrogens with zero attached hydrogens (tertiary/aromatic N) is 4. The number of alkyl halides is 2. The minimum atomic E-state index is -2.69. The number of morpholine rings is 1. The average molecular weight is 518 g/mol. The maximum absolute atomic E-state index is 13.1. The monoisotopic (exact) mass is 517 g/mol. The SMILES string of the molecule is CC1COCCN1c1cc(Cl)c[nH]c1=O.FC(F)c1nc(N2CCCC2)c2oc3ccccc3c2n1. The zero-order valence-electron chi connectivity index (χ0n) is 19.7. The third-order valence-corrected chi connectivity index (χ3v) is 6.56. The van der Waals surface area contributed by atoms with Crippen molar-refractivity contribution in [3.05, 3.63) is 57.7 Å². The van der Waals surface area contributed by atoms with Gasteiger partial charge in [0.1, 0.15) is 16.8 Å². The molecule has 0 radical (unpaired) electrons. The molecule has 0 spiro atoms. The van der Waals surface area contributed by atoms with Crippen LogP contribution in [0.1, 0.15) is 32.0 Å². The van der Waals surface area contributed by atoms with Crippen LogP contribution >= 0.6 is 11.6 Å². The van der Waals surface area contributed by atoms with Crippen molar-refractivity contribution in [1.29, 1.82) is 0 Å². The number of ether oxygens (including phenoxy) is 1. The number of furan rings is 1. The second-order valence-corrected chi connectivity index (χ2v) is 9.26. The van der Waals surface area contributed by atoms with Crippen LogP contribution in [-0.4, -0.2) is 53.8 Å². The predicted octanol–water partition coefficient (Wildman–Crippen LogP) is 5.17. The van der Waals surface area contributed by atoms with Crippen molar-refractivity contribution in [2.75, 3.05) is 42.6 Å². The highest BCUT2D eigenvalue weighted by Crippen LogP contribution is 2.35. The topological polar surface area (TPSA) is 87.5 Å². The fourth-order valence-electron chi connectivity index (χ4n) is 4.58. The summed E-state index contributed by atoms with van der Waals surface area (Å²) in [6.07, 6.45) is 0.883. The summed E-state index contributed by atoms with van der Waals surface area (Å²) in [6, 6.07) is 9.24. The average Bonchev–Trinajstić information content (AvgIpc) is 3.54. The van der Waals surface area contributed by atoms with Crippen molar-refractivity contribution in [3.63, 3.8) is 0 Å². The number of aromatic nitrogens is 3. The molecule has 3 aromatic heterocycles. The Morgan fingerprint density at radius 3 is 2.69 bits per heavy atom. The highest BCUT2D eigenvalue weighted by atomic mass is 35.5. The zero-order chi connectivity index (χ0) is 25.2. The third kappa shape index (κ3) is 4.87. The molecular weight excluding hydrogens is 492 g/mol. The molecular formula is C25H26ClF2N5O3. The summed E-state index contributed by atoms with van der Waals surface area (Å²) < 4.78 is 37.3. The van der Waals surface area contributed by atoms with Crippen molar-refractivity contribution < 1.29 is 17.9 Å². The molecule has 8 nitrogen and oxygen atoms in total. The Morgan fingerprint density at radius 2 is 1.94 bits per heavy atom. The maximum atomic E-state index is 13.1. The predicted molar refractivity (Wildman–Crippen MR) is 135 cm³/mol. The van der Waals surface area contributed by atoms with Gasteiger partial charge in [-0.3, -0.25) is 4.79 Å². The van der Waals surface area contributed by atoms with Crippen LogP contribution in [0.15, 0.2) is 45.7 Å². The van der Waals surface area contributed by atoms with Crippen LogP contribution < -0.4 is 15.4 Å². The van der Waals surface area contributed by atoms with Gasteiger partial charge in [-0.05, 0) is 38.0 Å². The highest BCUT2D eigenvalue weighted by molar-refractivity contribution is 6.30. The second-order valence-electron chi connectivity index (χ2n) is 8.83. The number of H-pyrrole nitrogens is 1. The lowest BCUT2D eigenvalue weighted by atomic mass is 10.2. The van der Waals surface area contributed by atoms with E-state index in [1.807, 2.05) is 41.0 Å². The molecule has 1 atom stereocenters. The van der Waals surface area contributed by atoms with Gasteiger partial charge in [0.05, 0.1) is 18.2 Å². The highest BCUT2D eigenvalue weighted by Gasteiger charge is 2.25. The standard InChI is InChI=1S/C15H13F2N3O.C10H13ClN2O2/c16-13(17)14-18-11-9-5-1-2-6-10(9)21-12(11)15(19-14)20-7-3-4-8-20;1-7-6-15-3-2-13(7)9-4-8(11)5-12-10(9)14/h1-2,5-6,13H,3-4,7-8H2;4-5,7H,2-3,6H2,1H3,(H,12,14). The first-order valence-corrected chi connectivity index (χ1v) is 12.2. The maximum Gasteiger partial charge on any atom is 0.297 e. The Balaban J connectivity index is 0.000000157. The van der Waals surface area contributed by atoms with Crippen LogP contribution in [0.2, 0.25) is 5.02 Å². The lowest BCUT2D eigenvalue weighted by molar-refractivity contribution is 0.0988. The summed E-state index contributed by atoms with van der Waals surface area (Å²) in [7, 11) is 0. The van der Waals surface area contributed by atoms with Crippen molar-refractivity contribution in [1.82, 2.24) is 15.0 Å². The molecule has 190 valence electrons. The summed E-state index contributed by atoms with van der Waals surface area (Å²) in [4.78, 5) is 26.3. The normalized spacial score (nSPS) is 18.2. The fraction of sp³-hybridized carbons (Fsp3) is 0.400. The smallest absolute Gasteiger partial charge is 0.297 e. The number of hydrogen-bond donors (Lipinski definition) is 1. The van der Waals surface area contributed by atoms with Gasteiger partial charge in [0, 0.05) is 37.3 Å². The first kappa shape index (κ1) is 24.5. The van der Waals surface area contributed by atoms with Gasteiger partial charge in [-0.1, -0.05) is 23.7 Å². The number of halogens is 3. The number of benzene rings is 1. The van der Waals surface area contributed by atoms with Gasteiger partial charge in [0.2, 0.25) is 0 Å². The summed E-state index contributed by atoms with van der Waals surface area (Å²) >= 11 is 5.86. The molecule has 1 unspecified atom stereocenters. The second kappa shape index (κ2) is 10.4. The summed E-state index contributed by atoms with van der Waals surface area (Å²) in [5.74, 6) is 0.0555. The number of fused-ring (bicyclic) bond motifs is 3. The molecule has 2 aliphatic rings. The Morgan fingerprint density at radius 1 is 1.17 bits per heavy atom. The number of hydrogen-bond acceptors (Lipinski definition) is 7. The van der Waals surface area contributed by atoms with Crippen molar-refractivity contribution in [2.45, 2.75) is 32.2 Å². The van der Waals surface area contributed by atoms with E-state index in [0.29, 0.717) is 46.4 Å². The quantitative estimate of drug-likeness (QED) is 0.401. The minimum absolute atomic E-state index is 0.104. The first-order valence-electron chi connectivity index (χ1n) is 11.9. The molecule has 1 aromatic carbocycles. The van der Waals surface area contributed by atoms with Crippen LogP contribution in [-0.2, 0) is 4.74 Å². The van der Waals surface area contributed by atoms with E-state index in [1.54, 1.807) is 6.07 Å². The number of nitrogens with one attached hydrogen (secondary N) is 1. The summed E-state index contributed by atoms with van der Waals surface area (Å²) in [5, 5.41) is 1.29. The molecule has 2 aliphatic heterocycles. The van der Waals surface area contributed by atoms with Crippen molar-refractivity contribution >= 4 is 45.2 Å². The lowest BCUT2D eigenvalue weighted by Crippen LogP contribution is -2.45. The molecule has 0 amide bonds. The van der Waals surface area contributed by atoms with E-state index in [2.05, 4.69) is 15.0 Å². The Hall–Kier alpha value is -3.24. The molecule has 6 rings (SSSR count). The van der Waals surface area contributed by atoms with Crippen LogP contribution in [0.5, 0.6) is 0 Å². The third-order valence-electron chi connectivity index (χ3n) is 6.35. The number of anilines is 2. The van der Waals surface area contributed by atoms with Gasteiger partial charge in [-0.25, -0.2) is 18.7 Å². The van der Waals surface area contributed by atoms with E-state index < -0.39 is 12.2 Å². The van der Waals surface area contributed by atoms with E-state index in [1.165, 1.54) is 6.20 Å². The molecule has 2 saturated heterocycles. The Labute approximate surface area is 210 Å². The largest absolute Gasteiger partial charge is 0.450 e. The lowest BCUT2D eigenvalue weighted by Gasteiger charge is -2.34. The van der Waals surface area contributed by atoms with Crippen LogP contribution in [0, 0.1) is 0 Å². The Kier molecular flexibility index (Phi) is 7.06. The molecule has 11 heteroatoms. The molecule has 0 aliphatic carbocycles. The molecule has 1 N–H and O–H groups in total. The van der Waals surface area contributed by atoms with E-state index in [9.17, 15) is 13.6 Å². The van der Waals surface area contributed by atoms with Gasteiger partial charge in [-0.15, -0.1) is 0 Å². The van der Waals surface area contributed by atoms with Gasteiger partial charge >= 0.3 is 0 Å². The number of aromatic amines is 1. The first-order chi connectivity index (χ1) is 17.4. The van der Waals surface area contributed by atoms with E-state index in [0.717, 1.165) is 37.9 Å². The van der Waals surface area contributed by atoms with E-state index >= 15 is 0 Å². The van der Waals surface area contributed by atoms with Crippen molar-refractivity contribution in [3.8, 4) is 0 Å². The van der Waals surface area contributed by atoms with Crippen LogP contribution in [0.4, 0.5) is 20.3 Å². The molecule has 4 aromatic rings. The van der Waals surface area contributed by atoms with Gasteiger partial charge in [0.25, 0.3) is 12.0 Å². The molecule has 36 heavy (non-hydrogen) atoms. The fourth-order valence-corrected chi connectivity index (χ4v) is 4.74. The zero-order valence-corrected chi connectivity index (χ0v) is 20.5. The minimum Gasteiger partial charge on any atom is -0.450 e. The Bertz CT molecular complexity index is 1420. The van der Waals surface area contributed by atoms with Crippen LogP contribution in [0.3, 0.4) is 0 Å². The van der Waals surface area contributed by atoms with E-state index in [4.69, 9.17) is 20.8 Å². The molecule has 0 bridgehead atoms. The summed E-state index contributed by atoms with van der Waals surface area (Å²) in [5.41, 5.74) is 2.14. The van der Waals surface area contributed by atoms with Crippen molar-refractivity contribution in [2.24, 2.45) is 0 Å². The number of para-hydroxylation sites is 1. The van der Waals surface area contributed by atoms with Crippen LogP contribution in [0.25, 0.3) is 22.1 Å². The van der Waals surface area contributed by atoms with E-state index in [-0.39, 0.29) is 11.6 Å². The number of pyridine rings is 1.